The Labute approximate surface area is 303 Å². The smallest absolute Gasteiger partial charge is 0.452 e. The molecule has 52 heavy (non-hydrogen) atoms. The third-order valence-corrected chi connectivity index (χ3v) is 7.24. The van der Waals surface area contributed by atoms with Crippen molar-refractivity contribution in [2.75, 3.05) is 37.7 Å². The quantitative estimate of drug-likeness (QED) is 0.0900. The summed E-state index contributed by atoms with van der Waals surface area (Å²) in [5.74, 6) is -0.189. The zero-order chi connectivity index (χ0) is 38.1. The third-order valence-electron chi connectivity index (χ3n) is 7.24. The van der Waals surface area contributed by atoms with Crippen molar-refractivity contribution in [2.24, 2.45) is 10.2 Å². The van der Waals surface area contributed by atoms with Gasteiger partial charge in [0.05, 0.1) is 25.4 Å². The molecule has 6 aromatic rings. The van der Waals surface area contributed by atoms with Crippen LogP contribution in [0.1, 0.15) is 29.1 Å². The molecule has 6 aromatic carbocycles. The van der Waals surface area contributed by atoms with Crippen molar-refractivity contribution in [1.82, 2.24) is 0 Å². The van der Waals surface area contributed by atoms with Crippen molar-refractivity contribution < 1.29 is 39.7 Å². The molecule has 0 saturated carbocycles. The summed E-state index contributed by atoms with van der Waals surface area (Å²) in [5, 5.41) is 16.6. The molecule has 0 aliphatic rings. The number of hydrogen-bond donors (Lipinski definition) is 0. The number of carbonyl (C=O) groups excluding carboxylic acids is 6. The largest absolute Gasteiger partial charge is 0.465 e. The molecule has 0 fully saturated rings. The van der Waals surface area contributed by atoms with Gasteiger partial charge in [-0.3, -0.25) is 4.79 Å². The fourth-order valence-electron chi connectivity index (χ4n) is 5.21. The van der Waals surface area contributed by atoms with Crippen LogP contribution in [0.5, 0.6) is 0 Å². The summed E-state index contributed by atoms with van der Waals surface area (Å²) in [7, 11) is 0. The van der Waals surface area contributed by atoms with Crippen LogP contribution in [0, 0.1) is 0 Å². The minimum absolute atomic E-state index is 0. The average Bonchev–Trinajstić information content (AvgIpc) is 3.16. The van der Waals surface area contributed by atoms with Crippen molar-refractivity contribution in [3.8, 4) is 0 Å². The molecule has 270 valence electrons. The summed E-state index contributed by atoms with van der Waals surface area (Å²) in [6.07, 6.45) is -0.112. The van der Waals surface area contributed by atoms with E-state index in [0.29, 0.717) is 19.8 Å². The molecule has 11 heteroatoms. The van der Waals surface area contributed by atoms with Crippen LogP contribution in [0.25, 0.3) is 43.1 Å². The minimum atomic E-state index is -0.612. The van der Waals surface area contributed by atoms with E-state index in [0.717, 1.165) is 23.0 Å². The van der Waals surface area contributed by atoms with E-state index in [1.165, 1.54) is 32.3 Å². The van der Waals surface area contributed by atoms with Crippen LogP contribution in [-0.4, -0.2) is 57.2 Å². The third kappa shape index (κ3) is 13.1. The van der Waals surface area contributed by atoms with Gasteiger partial charge in [0.15, 0.2) is 0 Å². The van der Waals surface area contributed by atoms with E-state index in [-0.39, 0.29) is 26.2 Å². The Morgan fingerprint density at radius 2 is 0.962 bits per heavy atom. The Morgan fingerprint density at radius 3 is 1.33 bits per heavy atom. The van der Waals surface area contributed by atoms with Gasteiger partial charge in [0, 0.05) is 18.7 Å². The maximum atomic E-state index is 12.0. The molecule has 0 N–H and O–H groups in total. The molecular formula is C41H43N3O8. The second-order valence-corrected chi connectivity index (χ2v) is 10.5. The highest BCUT2D eigenvalue weighted by atomic mass is 16.5. The number of fused-ring (bicyclic) bond motifs is 4. The number of ether oxygens (including phenoxy) is 2. The highest BCUT2D eigenvalue weighted by Gasteiger charge is 2.16. The SMILES string of the molecule is CCN=NC(=O)OCC.CCOC(=O)CN(CC)c1c2ccccc2cc2ccccc12.O=C=O.O=C=O.[2HH].c1ccc2cc3ccccc3cc2c1. The van der Waals surface area contributed by atoms with Crippen LogP contribution in [0.15, 0.2) is 125 Å². The highest BCUT2D eigenvalue weighted by Crippen LogP contribution is 2.35. The molecule has 0 aliphatic carbocycles. The lowest BCUT2D eigenvalue weighted by Crippen LogP contribution is -2.31. The Hall–Kier alpha value is -6.54. The molecule has 6 rings (SSSR count). The fourth-order valence-corrected chi connectivity index (χ4v) is 5.21. The van der Waals surface area contributed by atoms with Gasteiger partial charge in [-0.2, -0.15) is 24.3 Å². The first-order chi connectivity index (χ1) is 25.3. The molecule has 1 amide bonds. The van der Waals surface area contributed by atoms with Gasteiger partial charge in [-0.05, 0) is 78.2 Å². The molecule has 0 saturated heterocycles. The predicted molar refractivity (Wildman–Crippen MR) is 202 cm³/mol. The van der Waals surface area contributed by atoms with E-state index >= 15 is 0 Å². The number of hydrogen-bond acceptors (Lipinski definition) is 10. The molecule has 0 spiro atoms. The molecule has 0 aliphatic heterocycles. The highest BCUT2D eigenvalue weighted by molar-refractivity contribution is 6.11. The molecule has 0 atom stereocenters. The first-order valence-corrected chi connectivity index (χ1v) is 16.5. The summed E-state index contributed by atoms with van der Waals surface area (Å²) >= 11 is 0. The molecule has 11 nitrogen and oxygen atoms in total. The van der Waals surface area contributed by atoms with E-state index in [9.17, 15) is 9.59 Å². The van der Waals surface area contributed by atoms with Crippen molar-refractivity contribution in [2.45, 2.75) is 27.7 Å². The fraction of sp³-hybridized carbons (Fsp3) is 0.220. The summed E-state index contributed by atoms with van der Waals surface area (Å²) in [6, 6.07) is 40.3. The van der Waals surface area contributed by atoms with Crippen LogP contribution < -0.4 is 4.90 Å². The number of likely N-dealkylation sites (N-methyl/N-ethyl adjacent to an activating group) is 1. The van der Waals surface area contributed by atoms with Gasteiger partial charge in [-0.1, -0.05) is 102 Å². The minimum Gasteiger partial charge on any atom is -0.465 e. The standard InChI is InChI=1S/C20H21NO2.C14H10.C5H10N2O2.2CO2.H2/c1-3-21(14-19(22)23-4-2)20-17-11-7-5-9-15(17)13-16-10-6-8-12-18(16)20;1-2-6-12-10-14-8-4-3-7-13(14)9-11(12)5-1;1-3-6-7-5(8)9-4-2;2*2-1-3;/h5-13H,3-4,14H2,1-2H3;1-10H;3-4H2,1-2H3;;;1H/i;;;;;1+1. The van der Waals surface area contributed by atoms with Gasteiger partial charge >= 0.3 is 24.4 Å². The van der Waals surface area contributed by atoms with Crippen LogP contribution >= 0.6 is 0 Å². The second kappa shape index (κ2) is 23.8. The Balaban J connectivity index is 0.000000399. The van der Waals surface area contributed by atoms with Gasteiger partial charge in [-0.25, -0.2) is 4.79 Å². The summed E-state index contributed by atoms with van der Waals surface area (Å²) < 4.78 is 9.58. The molecule has 0 aromatic heterocycles. The second-order valence-electron chi connectivity index (χ2n) is 10.5. The topological polar surface area (TPSA) is 149 Å². The number of nitrogens with zero attached hydrogens (tertiary/aromatic N) is 3. The van der Waals surface area contributed by atoms with Crippen LogP contribution in [0.3, 0.4) is 0 Å². The monoisotopic (exact) mass is 706 g/mol. The number of rotatable bonds is 7. The molecular weight excluding hydrogens is 662 g/mol. The van der Waals surface area contributed by atoms with Gasteiger partial charge in [0.2, 0.25) is 0 Å². The zero-order valence-corrected chi connectivity index (χ0v) is 29.6. The lowest BCUT2D eigenvalue weighted by molar-refractivity contribution is -0.193. The maximum Gasteiger partial charge on any atom is 0.452 e. The first kappa shape index (κ1) is 41.6. The molecule has 0 unspecified atom stereocenters. The van der Waals surface area contributed by atoms with E-state index in [1.807, 2.05) is 31.2 Å². The molecule has 0 bridgehead atoms. The van der Waals surface area contributed by atoms with Crippen LogP contribution in [0.2, 0.25) is 0 Å². The van der Waals surface area contributed by atoms with Gasteiger partial charge < -0.3 is 14.4 Å². The van der Waals surface area contributed by atoms with E-state index in [2.05, 4.69) is 118 Å². The van der Waals surface area contributed by atoms with Gasteiger partial charge in [-0.15, -0.1) is 0 Å². The van der Waals surface area contributed by atoms with Crippen LogP contribution in [-0.2, 0) is 33.4 Å². The van der Waals surface area contributed by atoms with E-state index < -0.39 is 6.09 Å². The number of anilines is 1. The Morgan fingerprint density at radius 1 is 0.596 bits per heavy atom. The molecule has 0 radical (unpaired) electrons. The van der Waals surface area contributed by atoms with Crippen molar-refractivity contribution in [1.29, 1.82) is 0 Å². The summed E-state index contributed by atoms with van der Waals surface area (Å²) in [5.41, 5.74) is 1.11. The normalized spacial score (nSPS) is 9.77. The number of esters is 1. The zero-order valence-electron chi connectivity index (χ0n) is 29.6. The first-order valence-electron chi connectivity index (χ1n) is 16.5. The number of amides is 1. The van der Waals surface area contributed by atoms with Gasteiger partial charge in [0.25, 0.3) is 0 Å². The number of azo groups is 1. The van der Waals surface area contributed by atoms with Crippen LogP contribution in [0.4, 0.5) is 10.5 Å². The van der Waals surface area contributed by atoms with Crippen molar-refractivity contribution in [3.05, 3.63) is 115 Å². The number of carbonyl (C=O) groups is 2. The Kier molecular flexibility index (Phi) is 19.0. The summed E-state index contributed by atoms with van der Waals surface area (Å²) in [4.78, 5) is 56.9. The van der Waals surface area contributed by atoms with Crippen molar-refractivity contribution in [3.63, 3.8) is 0 Å². The van der Waals surface area contributed by atoms with Crippen molar-refractivity contribution >= 4 is 73.1 Å². The molecule has 0 heterocycles. The lowest BCUT2D eigenvalue weighted by Gasteiger charge is -2.25. The predicted octanol–water partition coefficient (Wildman–Crippen LogP) is 9.07. The number of benzene rings is 6. The maximum absolute atomic E-state index is 12.0. The lowest BCUT2D eigenvalue weighted by atomic mass is 10.00. The van der Waals surface area contributed by atoms with E-state index in [1.54, 1.807) is 13.8 Å². The summed E-state index contributed by atoms with van der Waals surface area (Å²) in [6.45, 7) is 9.70. The Bertz CT molecular complexity index is 1970. The average molecular weight is 707 g/mol. The van der Waals surface area contributed by atoms with Gasteiger partial charge in [0.1, 0.15) is 6.54 Å². The van der Waals surface area contributed by atoms with E-state index in [4.69, 9.17) is 23.9 Å².